The van der Waals surface area contributed by atoms with Crippen molar-refractivity contribution in [1.29, 1.82) is 0 Å². The lowest BCUT2D eigenvalue weighted by molar-refractivity contribution is -0.134. The van der Waals surface area contributed by atoms with Gasteiger partial charge in [0.1, 0.15) is 41.1 Å². The molecule has 0 spiro atoms. The van der Waals surface area contributed by atoms with Crippen LogP contribution in [-0.4, -0.2) is 152 Å². The van der Waals surface area contributed by atoms with Crippen molar-refractivity contribution in [3.8, 4) is 5.75 Å². The molecule has 4 aromatic carbocycles. The SMILES string of the molecule is CC(C)(C)OC(=O)N(Cc1ccccc1)C(Cc1ccccc1)C(N)=O.CC(O)C1NC(=O)C(CCCCNC(=O)OC(C)(C)C)NC(=O)CNC(=O)C(Cc2ccc(O)cc2)NC(=O)CCSSCCNC1=O.Cc1c[nH]c2ccccc12.O=CO. The number of carbonyl (C=O) groups is 9. The second-order valence-corrected chi connectivity index (χ2v) is 24.7. The summed E-state index contributed by atoms with van der Waals surface area (Å²) in [6.45, 7) is 14.0. The van der Waals surface area contributed by atoms with E-state index >= 15 is 0 Å². The summed E-state index contributed by atoms with van der Waals surface area (Å²) >= 11 is 0. The molecule has 8 amide bonds. The predicted molar refractivity (Wildman–Crippen MR) is 336 cm³/mol. The van der Waals surface area contributed by atoms with Gasteiger partial charge in [-0.2, -0.15) is 0 Å². The number of para-hydroxylation sites is 1. The Kier molecular flexibility index (Phi) is 31.9. The summed E-state index contributed by atoms with van der Waals surface area (Å²) < 4.78 is 10.7. The third-order valence-corrected chi connectivity index (χ3v) is 14.7. The quantitative estimate of drug-likeness (QED) is 0.0336. The van der Waals surface area contributed by atoms with E-state index in [9.17, 15) is 48.6 Å². The van der Waals surface area contributed by atoms with Crippen LogP contribution in [0.25, 0.3) is 10.9 Å². The smallest absolute Gasteiger partial charge is 0.411 e. The number of nitrogens with one attached hydrogen (secondary N) is 7. The number of hydrogen-bond acceptors (Lipinski definition) is 15. The van der Waals surface area contributed by atoms with Gasteiger partial charge in [-0.05, 0) is 115 Å². The van der Waals surface area contributed by atoms with Gasteiger partial charge in [0.05, 0.1) is 12.6 Å². The first-order chi connectivity index (χ1) is 41.2. The molecular formula is C62H85N9O14S2. The zero-order valence-electron chi connectivity index (χ0n) is 50.6. The third kappa shape index (κ3) is 29.6. The molecule has 0 saturated carbocycles. The number of H-pyrrole nitrogens is 1. The van der Waals surface area contributed by atoms with E-state index in [1.165, 1.54) is 62.0 Å². The minimum absolute atomic E-state index is 0.0480. The average Bonchev–Trinajstić information content (AvgIpc) is 3.18. The molecule has 5 atom stereocenters. The van der Waals surface area contributed by atoms with Crippen molar-refractivity contribution in [1.82, 2.24) is 41.8 Å². The van der Waals surface area contributed by atoms with Crippen molar-refractivity contribution < 1.29 is 67.9 Å². The Bertz CT molecular complexity index is 2960. The second-order valence-electron chi connectivity index (χ2n) is 22.0. The molecule has 87 heavy (non-hydrogen) atoms. The van der Waals surface area contributed by atoms with E-state index in [1.54, 1.807) is 53.7 Å². The topological polar surface area (TPSA) is 350 Å². The first-order valence-electron chi connectivity index (χ1n) is 28.3. The van der Waals surface area contributed by atoms with Crippen LogP contribution in [0.3, 0.4) is 0 Å². The number of aromatic hydroxyl groups is 1. The molecule has 5 unspecified atom stereocenters. The summed E-state index contributed by atoms with van der Waals surface area (Å²) in [6.07, 6.45) is 1.13. The summed E-state index contributed by atoms with van der Waals surface area (Å²) in [7, 11) is 2.84. The van der Waals surface area contributed by atoms with Crippen LogP contribution in [0.15, 0.2) is 115 Å². The van der Waals surface area contributed by atoms with Crippen molar-refractivity contribution in [2.45, 2.75) is 142 Å². The normalized spacial score (nSPS) is 17.0. The van der Waals surface area contributed by atoms with Gasteiger partial charge in [-0.15, -0.1) is 0 Å². The third-order valence-electron chi connectivity index (χ3n) is 12.3. The number of phenolic OH excluding ortho intramolecular Hbond substituents is 1. The van der Waals surface area contributed by atoms with Gasteiger partial charge in [0, 0.05) is 67.5 Å². The number of ether oxygens (including phenoxy) is 2. The van der Waals surface area contributed by atoms with Crippen LogP contribution in [0.4, 0.5) is 9.59 Å². The lowest BCUT2D eigenvalue weighted by Gasteiger charge is -2.32. The maximum Gasteiger partial charge on any atom is 0.411 e. The van der Waals surface area contributed by atoms with Gasteiger partial charge < -0.3 is 67.4 Å². The zero-order valence-corrected chi connectivity index (χ0v) is 52.2. The molecule has 25 heteroatoms. The molecule has 2 heterocycles. The second kappa shape index (κ2) is 38.0. The number of phenols is 1. The fourth-order valence-corrected chi connectivity index (χ4v) is 10.1. The number of carbonyl (C=O) groups excluding carboxylic acids is 8. The molecule has 1 aliphatic rings. The van der Waals surface area contributed by atoms with E-state index in [2.05, 4.69) is 62.0 Å². The van der Waals surface area contributed by atoms with E-state index < -0.39 is 89.7 Å². The molecule has 12 N–H and O–H groups in total. The monoisotopic (exact) mass is 1240 g/mol. The van der Waals surface area contributed by atoms with Crippen LogP contribution in [0.2, 0.25) is 0 Å². The van der Waals surface area contributed by atoms with Gasteiger partial charge in [0.25, 0.3) is 6.47 Å². The van der Waals surface area contributed by atoms with Gasteiger partial charge in [-0.3, -0.25) is 38.5 Å². The highest BCUT2D eigenvalue weighted by Gasteiger charge is 2.33. The Labute approximate surface area is 516 Å². The average molecular weight is 1240 g/mol. The van der Waals surface area contributed by atoms with E-state index in [4.69, 9.17) is 25.1 Å². The summed E-state index contributed by atoms with van der Waals surface area (Å²) in [5.74, 6) is -2.60. The van der Waals surface area contributed by atoms with Crippen molar-refractivity contribution in [3.63, 3.8) is 0 Å². The Morgan fingerprint density at radius 1 is 0.736 bits per heavy atom. The molecule has 0 radical (unpaired) electrons. The summed E-state index contributed by atoms with van der Waals surface area (Å²) in [4.78, 5) is 115. The van der Waals surface area contributed by atoms with Gasteiger partial charge in [-0.1, -0.05) is 113 Å². The lowest BCUT2D eigenvalue weighted by Crippen LogP contribution is -2.58. The van der Waals surface area contributed by atoms with Crippen LogP contribution in [-0.2, 0) is 62.4 Å². The number of aliphatic hydroxyl groups is 1. The van der Waals surface area contributed by atoms with E-state index in [0.29, 0.717) is 36.3 Å². The number of aliphatic hydroxyl groups excluding tert-OH is 1. The molecule has 5 aromatic rings. The first-order valence-corrected chi connectivity index (χ1v) is 30.8. The number of aryl methyl sites for hydroxylation is 1. The van der Waals surface area contributed by atoms with Crippen LogP contribution in [0.1, 0.15) is 96.4 Å². The summed E-state index contributed by atoms with van der Waals surface area (Å²) in [6, 6.07) is 29.2. The number of aromatic amines is 1. The summed E-state index contributed by atoms with van der Waals surface area (Å²) in [5.41, 5.74) is 9.36. The highest BCUT2D eigenvalue weighted by Crippen LogP contribution is 2.22. The number of primary amides is 1. The zero-order chi connectivity index (χ0) is 64.5. The molecule has 1 aliphatic heterocycles. The van der Waals surface area contributed by atoms with Crippen molar-refractivity contribution >= 4 is 86.6 Å². The number of hydrogen-bond donors (Lipinski definition) is 11. The van der Waals surface area contributed by atoms with Crippen molar-refractivity contribution in [2.24, 2.45) is 5.73 Å². The van der Waals surface area contributed by atoms with E-state index in [-0.39, 0.29) is 57.0 Å². The Morgan fingerprint density at radius 2 is 1.32 bits per heavy atom. The molecular weight excluding hydrogens is 1160 g/mol. The standard InChI is InChI=1S/C31H48N6O9S2.C21H26N2O3.C9H9N.CH2O2/c1-19(38)26-29(44)32-14-16-48-47-15-12-24(40)36-23(17-20-8-10-21(39)11-9-20)27(42)34-18-25(41)35-22(28(43)37-26)7-5-6-13-33-30(45)46-31(2,3)4;1-21(2,3)26-20(25)23(15-17-12-8-5-9-13-17)18(19(22)24)14-16-10-6-4-7-11-16;1-7-6-10-9-5-3-2-4-8(7)9;2-1-3/h8-11,19,22-23,26,38-39H,5-7,12-18H2,1-4H3,(H,32,44)(H,33,45)(H,34,42)(H,35,41)(H,36,40)(H,37,43);4-13,18H,14-15H2,1-3H3,(H2,22,24);2-6,10H,1H3;1H,(H,2,3). The molecule has 0 bridgehead atoms. The highest BCUT2D eigenvalue weighted by molar-refractivity contribution is 8.76. The lowest BCUT2D eigenvalue weighted by atomic mass is 10.0. The van der Waals surface area contributed by atoms with Gasteiger partial charge >= 0.3 is 12.2 Å². The van der Waals surface area contributed by atoms with Crippen LogP contribution >= 0.6 is 21.6 Å². The number of amides is 8. The van der Waals surface area contributed by atoms with Crippen molar-refractivity contribution in [2.75, 3.05) is 31.1 Å². The molecule has 474 valence electrons. The number of rotatable bonds is 14. The van der Waals surface area contributed by atoms with Gasteiger partial charge in [0.15, 0.2) is 0 Å². The predicted octanol–water partition coefficient (Wildman–Crippen LogP) is 6.18. The van der Waals surface area contributed by atoms with E-state index in [1.807, 2.05) is 72.9 Å². The first kappa shape index (κ1) is 73.0. The van der Waals surface area contributed by atoms with Crippen LogP contribution < -0.4 is 37.6 Å². The fourth-order valence-electron chi connectivity index (χ4n) is 8.18. The maximum atomic E-state index is 13.3. The minimum Gasteiger partial charge on any atom is -0.508 e. The molecule has 0 aliphatic carbocycles. The number of aromatic nitrogens is 1. The number of nitrogens with two attached hydrogens (primary N) is 1. The molecule has 23 nitrogen and oxygen atoms in total. The van der Waals surface area contributed by atoms with E-state index in [0.717, 1.165) is 11.1 Å². The maximum absolute atomic E-state index is 13.3. The fraction of sp³-hybridized carbons (Fsp3) is 0.435. The Balaban J connectivity index is 0.000000415. The van der Waals surface area contributed by atoms with Crippen molar-refractivity contribution in [3.05, 3.63) is 138 Å². The molecule has 1 saturated heterocycles. The Hall–Kier alpha value is -8.29. The molecule has 1 fully saturated rings. The number of fused-ring (bicyclic) bond motifs is 1. The largest absolute Gasteiger partial charge is 0.508 e. The van der Waals surface area contributed by atoms with Crippen LogP contribution in [0.5, 0.6) is 5.75 Å². The number of carboxylic acid groups (broad SMARTS) is 1. The van der Waals surface area contributed by atoms with Gasteiger partial charge in [0.2, 0.25) is 35.4 Å². The Morgan fingerprint density at radius 3 is 1.92 bits per heavy atom. The molecule has 1 aromatic heterocycles. The number of unbranched alkanes of at least 4 members (excludes halogenated alkanes) is 1. The molecule has 6 rings (SSSR count). The van der Waals surface area contributed by atoms with Crippen LogP contribution in [0, 0.1) is 6.92 Å². The summed E-state index contributed by atoms with van der Waals surface area (Å²) in [5, 5.41) is 43.7. The number of nitrogens with zero attached hydrogens (tertiary/aromatic N) is 1. The minimum atomic E-state index is -1.29. The number of alkyl carbamates (subject to hydrolysis) is 1. The van der Waals surface area contributed by atoms with Gasteiger partial charge in [-0.25, -0.2) is 9.59 Å². The number of benzene rings is 4. The highest BCUT2D eigenvalue weighted by atomic mass is 33.1.